The Morgan fingerprint density at radius 1 is 1.14 bits per heavy atom. The lowest BCUT2D eigenvalue weighted by molar-refractivity contribution is 0.205. The molecule has 2 aromatic rings. The van der Waals surface area contributed by atoms with E-state index in [9.17, 15) is 0 Å². The number of para-hydroxylation sites is 1. The van der Waals surface area contributed by atoms with Crippen LogP contribution in [0.25, 0.3) is 0 Å². The van der Waals surface area contributed by atoms with E-state index in [0.29, 0.717) is 6.04 Å². The maximum Gasteiger partial charge on any atom is 0.132 e. The van der Waals surface area contributed by atoms with Crippen LogP contribution < -0.4 is 10.6 Å². The Morgan fingerprint density at radius 3 is 2.50 bits per heavy atom. The van der Waals surface area contributed by atoms with Gasteiger partial charge in [0.05, 0.1) is 0 Å². The second kappa shape index (κ2) is 6.90. The Bertz CT molecular complexity index is 574. The first-order valence-electron chi connectivity index (χ1n) is 7.94. The van der Waals surface area contributed by atoms with Gasteiger partial charge in [0.15, 0.2) is 0 Å². The molecule has 0 bridgehead atoms. The topological polar surface area (TPSA) is 45.4 Å². The first kappa shape index (κ1) is 15.0. The Balaban J connectivity index is 1.63. The van der Waals surface area contributed by atoms with Crippen LogP contribution in [0.4, 0.5) is 11.5 Å². The van der Waals surface area contributed by atoms with Crippen molar-refractivity contribution in [1.29, 1.82) is 0 Å². The highest BCUT2D eigenvalue weighted by molar-refractivity contribution is 5.58. The highest BCUT2D eigenvalue weighted by Gasteiger charge is 2.16. The third-order valence-electron chi connectivity index (χ3n) is 4.33. The molecule has 1 aromatic carbocycles. The molecular weight excluding hydrogens is 272 g/mol. The van der Waals surface area contributed by atoms with Crippen molar-refractivity contribution in [2.24, 2.45) is 5.73 Å². The van der Waals surface area contributed by atoms with Crippen LogP contribution in [-0.4, -0.2) is 36.1 Å². The van der Waals surface area contributed by atoms with Crippen molar-refractivity contribution in [3.63, 3.8) is 0 Å². The largest absolute Gasteiger partial charge is 0.329 e. The van der Waals surface area contributed by atoms with Crippen LogP contribution in [0.15, 0.2) is 48.7 Å². The van der Waals surface area contributed by atoms with Crippen molar-refractivity contribution >= 4 is 11.5 Å². The normalized spacial score (nSPS) is 16.6. The van der Waals surface area contributed by atoms with E-state index < -0.39 is 0 Å². The molecule has 22 heavy (non-hydrogen) atoms. The summed E-state index contributed by atoms with van der Waals surface area (Å²) < 4.78 is 0. The van der Waals surface area contributed by atoms with E-state index in [0.717, 1.165) is 44.0 Å². The van der Waals surface area contributed by atoms with Crippen LogP contribution in [0, 0.1) is 0 Å². The molecule has 116 valence electrons. The quantitative estimate of drug-likeness (QED) is 0.942. The zero-order chi connectivity index (χ0) is 15.4. The standard InChI is InChI=1S/C18H24N4/c1-21(17-5-3-2-4-6-17)18-8-7-15(13-20-18)14-22-11-9-16(19)10-12-22/h2-8,13,16H,9-12,14,19H2,1H3. The van der Waals surface area contributed by atoms with Crippen LogP contribution >= 0.6 is 0 Å². The minimum atomic E-state index is 0.385. The molecule has 2 heterocycles. The molecule has 4 nitrogen and oxygen atoms in total. The van der Waals surface area contributed by atoms with E-state index in [1.165, 1.54) is 5.56 Å². The summed E-state index contributed by atoms with van der Waals surface area (Å²) in [5.41, 5.74) is 8.36. The number of likely N-dealkylation sites (tertiary alicyclic amines) is 1. The molecule has 3 rings (SSSR count). The first-order chi connectivity index (χ1) is 10.7. The fraction of sp³-hybridized carbons (Fsp3) is 0.389. The third-order valence-corrected chi connectivity index (χ3v) is 4.33. The number of piperidine rings is 1. The number of pyridine rings is 1. The van der Waals surface area contributed by atoms with Crippen molar-refractivity contribution in [2.45, 2.75) is 25.4 Å². The highest BCUT2D eigenvalue weighted by atomic mass is 15.2. The van der Waals surface area contributed by atoms with Gasteiger partial charge < -0.3 is 10.6 Å². The molecule has 1 saturated heterocycles. The maximum absolute atomic E-state index is 5.95. The smallest absolute Gasteiger partial charge is 0.132 e. The van der Waals surface area contributed by atoms with Crippen LogP contribution in [0.5, 0.6) is 0 Å². The Labute approximate surface area is 132 Å². The predicted octanol–water partition coefficient (Wildman–Crippen LogP) is 2.77. The van der Waals surface area contributed by atoms with Gasteiger partial charge in [-0.15, -0.1) is 0 Å². The number of aromatic nitrogens is 1. The lowest BCUT2D eigenvalue weighted by Crippen LogP contribution is -2.39. The molecule has 0 amide bonds. The Hall–Kier alpha value is -1.91. The average molecular weight is 296 g/mol. The zero-order valence-electron chi connectivity index (χ0n) is 13.2. The van der Waals surface area contributed by atoms with Crippen LogP contribution in [-0.2, 0) is 6.54 Å². The Morgan fingerprint density at radius 2 is 1.86 bits per heavy atom. The second-order valence-corrected chi connectivity index (χ2v) is 6.03. The summed E-state index contributed by atoms with van der Waals surface area (Å²) in [5.74, 6) is 0.968. The summed E-state index contributed by atoms with van der Waals surface area (Å²) in [6.45, 7) is 3.15. The molecule has 0 atom stereocenters. The number of hydrogen-bond donors (Lipinski definition) is 1. The van der Waals surface area contributed by atoms with E-state index >= 15 is 0 Å². The van der Waals surface area contributed by atoms with Gasteiger partial charge in [0.25, 0.3) is 0 Å². The molecule has 0 spiro atoms. The third kappa shape index (κ3) is 3.64. The summed E-state index contributed by atoms with van der Waals surface area (Å²) in [6.07, 6.45) is 4.19. The van der Waals surface area contributed by atoms with E-state index in [4.69, 9.17) is 5.73 Å². The van der Waals surface area contributed by atoms with Gasteiger partial charge in [-0.3, -0.25) is 4.90 Å². The van der Waals surface area contributed by atoms with E-state index in [-0.39, 0.29) is 0 Å². The molecular formula is C18H24N4. The van der Waals surface area contributed by atoms with Crippen molar-refractivity contribution in [3.8, 4) is 0 Å². The summed E-state index contributed by atoms with van der Waals surface area (Å²) in [4.78, 5) is 9.17. The number of anilines is 2. The predicted molar refractivity (Wildman–Crippen MR) is 91.2 cm³/mol. The van der Waals surface area contributed by atoms with Gasteiger partial charge in [0.1, 0.15) is 5.82 Å². The SMILES string of the molecule is CN(c1ccccc1)c1ccc(CN2CCC(N)CC2)cn1. The molecule has 1 aliphatic heterocycles. The number of benzene rings is 1. The number of nitrogens with zero attached hydrogens (tertiary/aromatic N) is 3. The van der Waals surface area contributed by atoms with Crippen molar-refractivity contribution in [1.82, 2.24) is 9.88 Å². The van der Waals surface area contributed by atoms with Crippen LogP contribution in [0.3, 0.4) is 0 Å². The van der Waals surface area contributed by atoms with Gasteiger partial charge in [-0.1, -0.05) is 24.3 Å². The Kier molecular flexibility index (Phi) is 4.71. The van der Waals surface area contributed by atoms with Gasteiger partial charge >= 0.3 is 0 Å². The molecule has 4 heteroatoms. The second-order valence-electron chi connectivity index (χ2n) is 6.03. The lowest BCUT2D eigenvalue weighted by atomic mass is 10.1. The molecule has 0 saturated carbocycles. The van der Waals surface area contributed by atoms with Crippen LogP contribution in [0.1, 0.15) is 18.4 Å². The van der Waals surface area contributed by atoms with Gasteiger partial charge in [0.2, 0.25) is 0 Å². The molecule has 1 aromatic heterocycles. The molecule has 0 aliphatic carbocycles. The van der Waals surface area contributed by atoms with Crippen molar-refractivity contribution in [3.05, 3.63) is 54.2 Å². The summed E-state index contributed by atoms with van der Waals surface area (Å²) in [6, 6.07) is 14.9. The lowest BCUT2D eigenvalue weighted by Gasteiger charge is -2.30. The maximum atomic E-state index is 5.95. The number of hydrogen-bond acceptors (Lipinski definition) is 4. The summed E-state index contributed by atoms with van der Waals surface area (Å²) in [5, 5.41) is 0. The van der Waals surface area contributed by atoms with E-state index in [1.54, 1.807) is 0 Å². The molecule has 0 unspecified atom stereocenters. The fourth-order valence-corrected chi connectivity index (χ4v) is 2.86. The summed E-state index contributed by atoms with van der Waals surface area (Å²) >= 11 is 0. The minimum absolute atomic E-state index is 0.385. The zero-order valence-corrected chi connectivity index (χ0v) is 13.2. The summed E-state index contributed by atoms with van der Waals surface area (Å²) in [7, 11) is 2.05. The molecule has 1 fully saturated rings. The van der Waals surface area contributed by atoms with Crippen molar-refractivity contribution in [2.75, 3.05) is 25.0 Å². The van der Waals surface area contributed by atoms with Crippen molar-refractivity contribution < 1.29 is 0 Å². The molecule has 0 radical (unpaired) electrons. The highest BCUT2D eigenvalue weighted by Crippen LogP contribution is 2.21. The van der Waals surface area contributed by atoms with E-state index in [2.05, 4.69) is 39.0 Å². The van der Waals surface area contributed by atoms with E-state index in [1.807, 2.05) is 31.4 Å². The monoisotopic (exact) mass is 296 g/mol. The minimum Gasteiger partial charge on any atom is -0.329 e. The van der Waals surface area contributed by atoms with Gasteiger partial charge in [-0.05, 0) is 49.7 Å². The fourth-order valence-electron chi connectivity index (χ4n) is 2.86. The molecule has 1 aliphatic rings. The van der Waals surface area contributed by atoms with Gasteiger partial charge in [-0.2, -0.15) is 0 Å². The number of nitrogens with two attached hydrogens (primary N) is 1. The first-order valence-corrected chi connectivity index (χ1v) is 7.94. The van der Waals surface area contributed by atoms with Gasteiger partial charge in [-0.25, -0.2) is 4.98 Å². The number of rotatable bonds is 4. The van der Waals surface area contributed by atoms with Crippen LogP contribution in [0.2, 0.25) is 0 Å². The molecule has 2 N–H and O–H groups in total. The average Bonchev–Trinajstić information content (AvgIpc) is 2.58. The van der Waals surface area contributed by atoms with Gasteiger partial charge in [0, 0.05) is 31.5 Å².